The number of ether oxygens (including phenoxy) is 1. The highest BCUT2D eigenvalue weighted by atomic mass is 32.1. The number of nitrogens with zero attached hydrogens (tertiary/aromatic N) is 1. The predicted molar refractivity (Wildman–Crippen MR) is 106 cm³/mol. The van der Waals surface area contributed by atoms with Crippen LogP contribution in [0, 0.1) is 0 Å². The largest absolute Gasteiger partial charge is 0.548 e. The van der Waals surface area contributed by atoms with Crippen LogP contribution in [0.2, 0.25) is 0 Å². The summed E-state index contributed by atoms with van der Waals surface area (Å²) in [6, 6.07) is 7.76. The number of carbonyl (C=O) groups is 4. The average Bonchev–Trinajstić information content (AvgIpc) is 3.35. The lowest BCUT2D eigenvalue weighted by atomic mass is 10.1. The van der Waals surface area contributed by atoms with Crippen LogP contribution in [-0.2, 0) is 19.1 Å². The van der Waals surface area contributed by atoms with Crippen LogP contribution in [-0.4, -0.2) is 60.4 Å². The number of amides is 3. The van der Waals surface area contributed by atoms with E-state index in [2.05, 4.69) is 10.6 Å². The third kappa shape index (κ3) is 3.91. The third-order valence-electron chi connectivity index (χ3n) is 5.04. The maximum absolute atomic E-state index is 13.2. The number of thiophene rings is 1. The van der Waals surface area contributed by atoms with Crippen LogP contribution in [0.5, 0.6) is 0 Å². The van der Waals surface area contributed by atoms with Crippen LogP contribution in [0.25, 0.3) is 10.4 Å². The predicted octanol–water partition coefficient (Wildman–Crippen LogP) is -0.167. The van der Waals surface area contributed by atoms with Gasteiger partial charge in [0.25, 0.3) is 5.91 Å². The van der Waals surface area contributed by atoms with Crippen molar-refractivity contribution in [3.8, 4) is 10.4 Å². The Morgan fingerprint density at radius 3 is 2.83 bits per heavy atom. The smallest absolute Gasteiger partial charge is 0.256 e. The molecule has 156 valence electrons. The van der Waals surface area contributed by atoms with Crippen LogP contribution >= 0.6 is 11.3 Å². The Balaban J connectivity index is 1.52. The van der Waals surface area contributed by atoms with Gasteiger partial charge >= 0.3 is 0 Å². The second-order valence-electron chi connectivity index (χ2n) is 7.00. The summed E-state index contributed by atoms with van der Waals surface area (Å²) >= 11 is 1.56. The Morgan fingerprint density at radius 2 is 2.10 bits per heavy atom. The van der Waals surface area contributed by atoms with E-state index in [1.165, 1.54) is 4.90 Å². The SMILES string of the molecule is O=C([O-])COCC(=O)N[C@H]1CCN2C(=O)c3cc(-c4cccs4)ccc3NC(=O)[C@H]12. The molecule has 30 heavy (non-hydrogen) atoms. The number of aliphatic carboxylic acids is 1. The first-order valence-electron chi connectivity index (χ1n) is 9.31. The molecule has 4 rings (SSSR count). The second kappa shape index (κ2) is 8.25. The van der Waals surface area contributed by atoms with Crippen LogP contribution in [0.1, 0.15) is 16.8 Å². The summed E-state index contributed by atoms with van der Waals surface area (Å²) in [6.45, 7) is -0.865. The summed E-state index contributed by atoms with van der Waals surface area (Å²) in [4.78, 5) is 50.9. The molecular weight excluding hydrogens is 410 g/mol. The number of carboxylic acids is 1. The molecule has 3 heterocycles. The highest BCUT2D eigenvalue weighted by Crippen LogP contribution is 2.33. The van der Waals surface area contributed by atoms with Crippen molar-refractivity contribution in [2.24, 2.45) is 0 Å². The molecule has 2 aliphatic rings. The van der Waals surface area contributed by atoms with Gasteiger partial charge in [-0.05, 0) is 35.6 Å². The quantitative estimate of drug-likeness (QED) is 0.658. The van der Waals surface area contributed by atoms with Crippen molar-refractivity contribution in [3.05, 3.63) is 41.3 Å². The Kier molecular flexibility index (Phi) is 5.51. The summed E-state index contributed by atoms with van der Waals surface area (Å²) in [5.41, 5.74) is 1.72. The zero-order valence-electron chi connectivity index (χ0n) is 15.8. The van der Waals surface area contributed by atoms with Crippen molar-refractivity contribution in [2.45, 2.75) is 18.5 Å². The number of carboxylic acid groups (broad SMARTS) is 1. The number of hydrogen-bond donors (Lipinski definition) is 2. The molecule has 0 unspecified atom stereocenters. The maximum Gasteiger partial charge on any atom is 0.256 e. The lowest BCUT2D eigenvalue weighted by Gasteiger charge is -2.25. The molecule has 0 saturated carbocycles. The monoisotopic (exact) mass is 428 g/mol. The Morgan fingerprint density at radius 1 is 1.27 bits per heavy atom. The van der Waals surface area contributed by atoms with Crippen LogP contribution in [0.3, 0.4) is 0 Å². The van der Waals surface area contributed by atoms with E-state index < -0.39 is 37.2 Å². The Labute approximate surface area is 175 Å². The number of fused-ring (bicyclic) bond motifs is 2. The number of hydrogen-bond acceptors (Lipinski definition) is 7. The molecule has 2 atom stereocenters. The molecule has 1 saturated heterocycles. The van der Waals surface area contributed by atoms with Gasteiger partial charge in [-0.15, -0.1) is 11.3 Å². The highest BCUT2D eigenvalue weighted by Gasteiger charge is 2.45. The van der Waals surface area contributed by atoms with Gasteiger partial charge in [-0.1, -0.05) is 12.1 Å². The van der Waals surface area contributed by atoms with Gasteiger partial charge in [-0.2, -0.15) is 0 Å². The van der Waals surface area contributed by atoms with E-state index in [4.69, 9.17) is 4.74 Å². The molecule has 1 fully saturated rings. The molecule has 3 amide bonds. The standard InChI is InChI=1S/C20H19N3O6S/c24-16(9-29-10-17(25)26)21-14-5-6-23-18(14)19(27)22-13-4-3-11(8-12(13)20(23)28)15-2-1-7-30-15/h1-4,7-8,14,18H,5-6,9-10H2,(H,21,24)(H,22,27)(H,25,26)/p-1/t14-,18-/m0/s1. The number of anilines is 1. The van der Waals surface area contributed by atoms with E-state index in [-0.39, 0.29) is 11.8 Å². The molecule has 1 aromatic carbocycles. The van der Waals surface area contributed by atoms with Crippen LogP contribution in [0.4, 0.5) is 5.69 Å². The second-order valence-corrected chi connectivity index (χ2v) is 7.95. The fourth-order valence-corrected chi connectivity index (χ4v) is 4.48. The van der Waals surface area contributed by atoms with Gasteiger partial charge in [0.2, 0.25) is 11.8 Å². The van der Waals surface area contributed by atoms with E-state index >= 15 is 0 Å². The van der Waals surface area contributed by atoms with Crippen molar-refractivity contribution in [1.29, 1.82) is 0 Å². The first-order chi connectivity index (χ1) is 14.4. The molecule has 1 aromatic heterocycles. The van der Waals surface area contributed by atoms with E-state index in [0.29, 0.717) is 24.2 Å². The van der Waals surface area contributed by atoms with E-state index in [1.807, 2.05) is 23.6 Å². The van der Waals surface area contributed by atoms with Gasteiger partial charge in [0, 0.05) is 11.4 Å². The fourth-order valence-electron chi connectivity index (χ4n) is 3.76. The maximum atomic E-state index is 13.2. The average molecular weight is 428 g/mol. The number of carbonyl (C=O) groups excluding carboxylic acids is 4. The first kappa shape index (κ1) is 20.0. The number of benzene rings is 1. The van der Waals surface area contributed by atoms with Gasteiger partial charge in [-0.3, -0.25) is 14.4 Å². The first-order valence-corrected chi connectivity index (χ1v) is 10.2. The molecule has 0 radical (unpaired) electrons. The van der Waals surface area contributed by atoms with Crippen molar-refractivity contribution < 1.29 is 29.0 Å². The van der Waals surface area contributed by atoms with Gasteiger partial charge in [0.15, 0.2) is 0 Å². The molecule has 10 heteroatoms. The molecule has 0 aliphatic carbocycles. The molecule has 2 aromatic rings. The van der Waals surface area contributed by atoms with Crippen LogP contribution < -0.4 is 15.7 Å². The Hall–Kier alpha value is -3.24. The molecule has 0 bridgehead atoms. The lowest BCUT2D eigenvalue weighted by molar-refractivity contribution is -0.309. The molecule has 0 spiro atoms. The summed E-state index contributed by atoms with van der Waals surface area (Å²) in [5, 5.41) is 17.8. The van der Waals surface area contributed by atoms with Crippen LogP contribution in [0.15, 0.2) is 35.7 Å². The molecule has 2 N–H and O–H groups in total. The molecule has 2 aliphatic heterocycles. The van der Waals surface area contributed by atoms with Gasteiger partial charge in [0.05, 0.1) is 29.9 Å². The topological polar surface area (TPSA) is 128 Å². The van der Waals surface area contributed by atoms with Crippen molar-refractivity contribution in [1.82, 2.24) is 10.2 Å². The lowest BCUT2D eigenvalue weighted by Crippen LogP contribution is -2.52. The summed E-state index contributed by atoms with van der Waals surface area (Å²) in [6.07, 6.45) is 0.399. The minimum atomic E-state index is -1.43. The summed E-state index contributed by atoms with van der Waals surface area (Å²) < 4.78 is 4.72. The minimum absolute atomic E-state index is 0.281. The van der Waals surface area contributed by atoms with E-state index in [1.54, 1.807) is 23.5 Å². The molecule has 9 nitrogen and oxygen atoms in total. The van der Waals surface area contributed by atoms with E-state index in [0.717, 1.165) is 10.4 Å². The summed E-state index contributed by atoms with van der Waals surface area (Å²) in [7, 11) is 0. The van der Waals surface area contributed by atoms with Gasteiger partial charge in [0.1, 0.15) is 12.6 Å². The fraction of sp³-hybridized carbons (Fsp3) is 0.300. The summed E-state index contributed by atoms with van der Waals surface area (Å²) in [5.74, 6) is -2.66. The van der Waals surface area contributed by atoms with Crippen molar-refractivity contribution >= 4 is 40.7 Å². The zero-order valence-corrected chi connectivity index (χ0v) is 16.6. The third-order valence-corrected chi connectivity index (χ3v) is 5.96. The molecular formula is C20H18N3O6S-. The van der Waals surface area contributed by atoms with Crippen molar-refractivity contribution in [3.63, 3.8) is 0 Å². The Bertz CT molecular complexity index is 1010. The highest BCUT2D eigenvalue weighted by molar-refractivity contribution is 7.13. The van der Waals surface area contributed by atoms with E-state index in [9.17, 15) is 24.3 Å². The minimum Gasteiger partial charge on any atom is -0.548 e. The number of nitrogens with one attached hydrogen (secondary N) is 2. The number of rotatable bonds is 6. The zero-order chi connectivity index (χ0) is 21.3. The van der Waals surface area contributed by atoms with Gasteiger partial charge < -0.3 is 30.2 Å². The van der Waals surface area contributed by atoms with Crippen molar-refractivity contribution in [2.75, 3.05) is 25.1 Å². The van der Waals surface area contributed by atoms with Gasteiger partial charge in [-0.25, -0.2) is 0 Å². The normalized spacial score (nSPS) is 20.2.